The molecule has 0 aromatic carbocycles. The number of hydrogen-bond donors (Lipinski definition) is 1. The van der Waals surface area contributed by atoms with E-state index in [4.69, 9.17) is 9.26 Å². The van der Waals surface area contributed by atoms with Gasteiger partial charge in [0.05, 0.1) is 0 Å². The maximum Gasteiger partial charge on any atom is 0.408 e. The van der Waals surface area contributed by atoms with Crippen molar-refractivity contribution in [3.05, 3.63) is 59.9 Å². The molecule has 1 atom stereocenters. The first kappa shape index (κ1) is 20.0. The van der Waals surface area contributed by atoms with Gasteiger partial charge in [-0.25, -0.2) is 9.78 Å². The standard InChI is InChI=1S/C21H21N5O3/c1-14(24-20(27)28-21(2,3)4)19-25-18(26-29-19)17-11-9-15(13-23-17)8-10-16-7-5-6-12-22-16/h5-7,9,11-14H,1-4H3,(H,24,27). The summed E-state index contributed by atoms with van der Waals surface area (Å²) in [6.45, 7) is 7.10. The van der Waals surface area contributed by atoms with E-state index in [2.05, 4.69) is 37.3 Å². The highest BCUT2D eigenvalue weighted by atomic mass is 16.6. The number of nitrogens with one attached hydrogen (secondary N) is 1. The van der Waals surface area contributed by atoms with Crippen LogP contribution in [0.1, 0.15) is 50.9 Å². The van der Waals surface area contributed by atoms with E-state index in [9.17, 15) is 4.79 Å². The Kier molecular flexibility index (Phi) is 5.88. The molecule has 0 fully saturated rings. The van der Waals surface area contributed by atoms with Crippen LogP contribution in [-0.2, 0) is 4.74 Å². The van der Waals surface area contributed by atoms with Gasteiger partial charge in [-0.2, -0.15) is 4.98 Å². The number of rotatable bonds is 3. The second-order valence-corrected chi connectivity index (χ2v) is 7.22. The van der Waals surface area contributed by atoms with Crippen LogP contribution < -0.4 is 5.32 Å². The van der Waals surface area contributed by atoms with E-state index in [1.54, 1.807) is 46.2 Å². The lowest BCUT2D eigenvalue weighted by Crippen LogP contribution is -2.34. The Hall–Kier alpha value is -3.73. The van der Waals surface area contributed by atoms with Gasteiger partial charge < -0.3 is 14.6 Å². The van der Waals surface area contributed by atoms with Crippen molar-refractivity contribution in [2.75, 3.05) is 0 Å². The minimum Gasteiger partial charge on any atom is -0.444 e. The van der Waals surface area contributed by atoms with Gasteiger partial charge in [0.15, 0.2) is 0 Å². The summed E-state index contributed by atoms with van der Waals surface area (Å²) < 4.78 is 10.5. The lowest BCUT2D eigenvalue weighted by molar-refractivity contribution is 0.0499. The summed E-state index contributed by atoms with van der Waals surface area (Å²) in [6, 6.07) is 8.62. The fourth-order valence-electron chi connectivity index (χ4n) is 2.23. The molecule has 3 aromatic rings. The number of alkyl carbamates (subject to hydrolysis) is 1. The highest BCUT2D eigenvalue weighted by molar-refractivity contribution is 5.68. The van der Waals surface area contributed by atoms with Crippen molar-refractivity contribution in [2.45, 2.75) is 39.3 Å². The Morgan fingerprint density at radius 2 is 2.00 bits per heavy atom. The van der Waals surface area contributed by atoms with Crippen LogP contribution in [0, 0.1) is 11.8 Å². The van der Waals surface area contributed by atoms with Crippen molar-refractivity contribution in [3.8, 4) is 23.4 Å². The van der Waals surface area contributed by atoms with Gasteiger partial charge in [0, 0.05) is 18.0 Å². The van der Waals surface area contributed by atoms with Gasteiger partial charge in [-0.1, -0.05) is 17.1 Å². The molecule has 0 aliphatic rings. The summed E-state index contributed by atoms with van der Waals surface area (Å²) >= 11 is 0. The van der Waals surface area contributed by atoms with E-state index in [1.807, 2.05) is 24.3 Å². The summed E-state index contributed by atoms with van der Waals surface area (Å²) in [4.78, 5) is 24.6. The number of carbonyl (C=O) groups is 1. The van der Waals surface area contributed by atoms with Gasteiger partial charge in [0.25, 0.3) is 0 Å². The number of ether oxygens (including phenoxy) is 1. The maximum atomic E-state index is 11.9. The molecule has 8 heteroatoms. The van der Waals surface area contributed by atoms with E-state index in [0.29, 0.717) is 17.2 Å². The Bertz CT molecular complexity index is 1030. The fourth-order valence-corrected chi connectivity index (χ4v) is 2.23. The SMILES string of the molecule is CC(NC(=O)OC(C)(C)C)c1nc(-c2ccc(C#Cc3ccccn3)cn2)no1. The minimum atomic E-state index is -0.588. The first-order chi connectivity index (χ1) is 13.8. The molecule has 29 heavy (non-hydrogen) atoms. The molecule has 0 saturated carbocycles. The number of hydrogen-bond acceptors (Lipinski definition) is 7. The number of pyridine rings is 2. The molecule has 1 N–H and O–H groups in total. The molecule has 3 heterocycles. The average molecular weight is 391 g/mol. The Balaban J connectivity index is 1.66. The van der Waals surface area contributed by atoms with Crippen molar-refractivity contribution in [1.82, 2.24) is 25.4 Å². The van der Waals surface area contributed by atoms with Crippen molar-refractivity contribution in [2.24, 2.45) is 0 Å². The molecular weight excluding hydrogens is 370 g/mol. The third-order valence-corrected chi connectivity index (χ3v) is 3.54. The average Bonchev–Trinajstić information content (AvgIpc) is 3.16. The van der Waals surface area contributed by atoms with Crippen molar-refractivity contribution in [3.63, 3.8) is 0 Å². The molecule has 3 rings (SSSR count). The maximum absolute atomic E-state index is 11.9. The third kappa shape index (κ3) is 5.87. The molecule has 0 aliphatic carbocycles. The van der Waals surface area contributed by atoms with Gasteiger partial charge in [-0.15, -0.1) is 0 Å². The highest BCUT2D eigenvalue weighted by Gasteiger charge is 2.21. The Morgan fingerprint density at radius 1 is 1.17 bits per heavy atom. The van der Waals surface area contributed by atoms with Crippen LogP contribution in [0.4, 0.5) is 4.79 Å². The number of carbonyl (C=O) groups excluding carboxylic acids is 1. The Morgan fingerprint density at radius 3 is 2.66 bits per heavy atom. The second kappa shape index (κ2) is 8.52. The van der Waals surface area contributed by atoms with Gasteiger partial charge in [0.1, 0.15) is 23.0 Å². The zero-order valence-electron chi connectivity index (χ0n) is 16.6. The molecule has 0 spiro atoms. The van der Waals surface area contributed by atoms with E-state index in [-0.39, 0.29) is 5.89 Å². The van der Waals surface area contributed by atoms with E-state index in [1.165, 1.54) is 0 Å². The molecule has 1 amide bonds. The zero-order valence-corrected chi connectivity index (χ0v) is 16.6. The normalized spacial score (nSPS) is 11.9. The lowest BCUT2D eigenvalue weighted by atomic mass is 10.2. The quantitative estimate of drug-likeness (QED) is 0.681. The fraction of sp³-hybridized carbons (Fsp3) is 0.286. The van der Waals surface area contributed by atoms with Crippen molar-refractivity contribution >= 4 is 6.09 Å². The van der Waals surface area contributed by atoms with Gasteiger partial charge in [-0.3, -0.25) is 4.98 Å². The van der Waals surface area contributed by atoms with Gasteiger partial charge in [0.2, 0.25) is 11.7 Å². The molecular formula is C21H21N5O3. The van der Waals surface area contributed by atoms with Gasteiger partial charge in [-0.05, 0) is 57.9 Å². The van der Waals surface area contributed by atoms with Crippen LogP contribution in [0.5, 0.6) is 0 Å². The topological polar surface area (TPSA) is 103 Å². The molecule has 0 radical (unpaired) electrons. The monoisotopic (exact) mass is 391 g/mol. The number of nitrogens with zero attached hydrogens (tertiary/aromatic N) is 4. The summed E-state index contributed by atoms with van der Waals surface area (Å²) in [7, 11) is 0. The molecule has 0 bridgehead atoms. The number of aromatic nitrogens is 4. The smallest absolute Gasteiger partial charge is 0.408 e. The summed E-state index contributed by atoms with van der Waals surface area (Å²) in [5.74, 6) is 6.55. The zero-order chi connectivity index (χ0) is 20.9. The predicted octanol–water partition coefficient (Wildman–Crippen LogP) is 3.51. The van der Waals surface area contributed by atoms with Crippen LogP contribution in [0.15, 0.2) is 47.2 Å². The van der Waals surface area contributed by atoms with Crippen LogP contribution >= 0.6 is 0 Å². The summed E-state index contributed by atoms with van der Waals surface area (Å²) in [6.07, 6.45) is 2.76. The van der Waals surface area contributed by atoms with Crippen LogP contribution in [0.25, 0.3) is 11.5 Å². The van der Waals surface area contributed by atoms with Crippen LogP contribution in [-0.4, -0.2) is 31.8 Å². The van der Waals surface area contributed by atoms with E-state index >= 15 is 0 Å². The molecule has 148 valence electrons. The van der Waals surface area contributed by atoms with Crippen LogP contribution in [0.3, 0.4) is 0 Å². The molecule has 0 aliphatic heterocycles. The molecule has 1 unspecified atom stereocenters. The molecule has 3 aromatic heterocycles. The predicted molar refractivity (Wildman–Crippen MR) is 106 cm³/mol. The number of amides is 1. The largest absolute Gasteiger partial charge is 0.444 e. The first-order valence-corrected chi connectivity index (χ1v) is 9.03. The van der Waals surface area contributed by atoms with Crippen molar-refractivity contribution in [1.29, 1.82) is 0 Å². The lowest BCUT2D eigenvalue weighted by Gasteiger charge is -2.20. The van der Waals surface area contributed by atoms with E-state index in [0.717, 1.165) is 5.56 Å². The first-order valence-electron chi connectivity index (χ1n) is 9.03. The van der Waals surface area contributed by atoms with Gasteiger partial charge >= 0.3 is 6.09 Å². The van der Waals surface area contributed by atoms with Crippen LogP contribution in [0.2, 0.25) is 0 Å². The van der Waals surface area contributed by atoms with Crippen molar-refractivity contribution < 1.29 is 14.1 Å². The summed E-state index contributed by atoms with van der Waals surface area (Å²) in [5, 5.41) is 6.58. The van der Waals surface area contributed by atoms with E-state index < -0.39 is 17.7 Å². The Labute approximate surface area is 168 Å². The third-order valence-electron chi connectivity index (χ3n) is 3.54. The second-order valence-electron chi connectivity index (χ2n) is 7.22. The summed E-state index contributed by atoms with van der Waals surface area (Å²) in [5.41, 5.74) is 1.37. The highest BCUT2D eigenvalue weighted by Crippen LogP contribution is 2.17. The molecule has 0 saturated heterocycles. The minimum absolute atomic E-state index is 0.256. The molecule has 8 nitrogen and oxygen atoms in total.